The summed E-state index contributed by atoms with van der Waals surface area (Å²) in [6, 6.07) is 8.12. The molecule has 1 aromatic carbocycles. The van der Waals surface area contributed by atoms with Gasteiger partial charge in [0.2, 0.25) is 0 Å². The van der Waals surface area contributed by atoms with E-state index >= 15 is 0 Å². The molecule has 0 fully saturated rings. The van der Waals surface area contributed by atoms with Gasteiger partial charge in [-0.3, -0.25) is 0 Å². The molecule has 0 heterocycles. The molecule has 0 aliphatic heterocycles. The number of carbonyl (C=O) groups is 3. The fourth-order valence-corrected chi connectivity index (χ4v) is 1.91. The Labute approximate surface area is 141 Å². The number of rotatable bonds is 8. The van der Waals surface area contributed by atoms with Gasteiger partial charge in [-0.25, -0.2) is 14.4 Å². The van der Waals surface area contributed by atoms with Crippen LogP contribution < -0.4 is 5.32 Å². The number of carboxylic acids is 1. The van der Waals surface area contributed by atoms with Crippen LogP contribution in [0.3, 0.4) is 0 Å². The van der Waals surface area contributed by atoms with Gasteiger partial charge in [0, 0.05) is 0 Å². The van der Waals surface area contributed by atoms with Gasteiger partial charge in [-0.2, -0.15) is 0 Å². The molecule has 7 nitrogen and oxygen atoms in total. The van der Waals surface area contributed by atoms with E-state index in [0.29, 0.717) is 0 Å². The number of nitrogens with one attached hydrogen (secondary N) is 1. The summed E-state index contributed by atoms with van der Waals surface area (Å²) in [5, 5.41) is 11.4. The van der Waals surface area contributed by atoms with Crippen LogP contribution in [0.2, 0.25) is 0 Å². The largest absolute Gasteiger partial charge is 0.479 e. The second-order valence-electron chi connectivity index (χ2n) is 5.60. The third kappa shape index (κ3) is 6.28. The van der Waals surface area contributed by atoms with Crippen molar-refractivity contribution < 1.29 is 29.0 Å². The molecule has 0 aliphatic rings. The monoisotopic (exact) mass is 337 g/mol. The zero-order chi connectivity index (χ0) is 18.1. The zero-order valence-electron chi connectivity index (χ0n) is 14.0. The number of alkyl carbamates (subject to hydrolysis) is 1. The summed E-state index contributed by atoms with van der Waals surface area (Å²) in [5.74, 6) is -2.30. The van der Waals surface area contributed by atoms with Crippen LogP contribution in [0.1, 0.15) is 32.8 Å². The first kappa shape index (κ1) is 19.5. The lowest BCUT2D eigenvalue weighted by Gasteiger charge is -2.22. The molecule has 132 valence electrons. The maximum atomic E-state index is 12.1. The quantitative estimate of drug-likeness (QED) is 0.706. The van der Waals surface area contributed by atoms with Crippen LogP contribution in [-0.2, 0) is 25.7 Å². The summed E-state index contributed by atoms with van der Waals surface area (Å²) in [6.45, 7) is 5.09. The van der Waals surface area contributed by atoms with Gasteiger partial charge in [-0.15, -0.1) is 0 Å². The number of benzene rings is 1. The standard InChI is InChI=1S/C17H23NO6/c1-4-13(15(19)20)24-16(21)14(11(2)3)18-17(22)23-10-12-8-6-5-7-9-12/h5-9,11,13-14H,4,10H2,1-3H3,(H,18,22)(H,19,20)/t13?,14-/m0/s1. The van der Waals surface area contributed by atoms with E-state index < -0.39 is 30.2 Å². The molecule has 0 aliphatic carbocycles. The van der Waals surface area contributed by atoms with E-state index in [1.807, 2.05) is 18.2 Å². The third-order valence-corrected chi connectivity index (χ3v) is 3.31. The zero-order valence-corrected chi connectivity index (χ0v) is 14.0. The van der Waals surface area contributed by atoms with E-state index in [4.69, 9.17) is 14.6 Å². The number of carbonyl (C=O) groups excluding carboxylic acids is 2. The van der Waals surface area contributed by atoms with Crippen molar-refractivity contribution in [3.63, 3.8) is 0 Å². The van der Waals surface area contributed by atoms with Gasteiger partial charge in [0.05, 0.1) is 0 Å². The SMILES string of the molecule is CCC(OC(=O)[C@@H](NC(=O)OCc1ccccc1)C(C)C)C(=O)O. The number of aliphatic carboxylic acids is 1. The van der Waals surface area contributed by atoms with Gasteiger partial charge < -0.3 is 19.9 Å². The Kier molecular flexibility index (Phi) is 7.74. The summed E-state index contributed by atoms with van der Waals surface area (Å²) < 4.78 is 10.0. The van der Waals surface area contributed by atoms with E-state index in [0.717, 1.165) is 5.56 Å². The Balaban J connectivity index is 2.59. The van der Waals surface area contributed by atoms with Gasteiger partial charge >= 0.3 is 18.0 Å². The second kappa shape index (κ2) is 9.54. The molecule has 0 spiro atoms. The predicted molar refractivity (Wildman–Crippen MR) is 86.2 cm³/mol. The number of amides is 1. The summed E-state index contributed by atoms with van der Waals surface area (Å²) in [5.41, 5.74) is 0.813. The van der Waals surface area contributed by atoms with Crippen LogP contribution in [0.4, 0.5) is 4.79 Å². The first-order chi connectivity index (χ1) is 11.3. The predicted octanol–water partition coefficient (Wildman–Crippen LogP) is 2.34. The second-order valence-corrected chi connectivity index (χ2v) is 5.60. The van der Waals surface area contributed by atoms with Gasteiger partial charge in [0.25, 0.3) is 0 Å². The van der Waals surface area contributed by atoms with E-state index in [2.05, 4.69) is 5.32 Å². The molecule has 2 N–H and O–H groups in total. The summed E-state index contributed by atoms with van der Waals surface area (Å²) in [4.78, 5) is 34.9. The number of esters is 1. The van der Waals surface area contributed by atoms with E-state index in [9.17, 15) is 14.4 Å². The summed E-state index contributed by atoms with van der Waals surface area (Å²) in [7, 11) is 0. The van der Waals surface area contributed by atoms with Crippen LogP contribution in [0.15, 0.2) is 30.3 Å². The van der Waals surface area contributed by atoms with Crippen molar-refractivity contribution in [3.05, 3.63) is 35.9 Å². The molecule has 0 saturated carbocycles. The Morgan fingerprint density at radius 3 is 2.29 bits per heavy atom. The van der Waals surface area contributed by atoms with Crippen LogP contribution >= 0.6 is 0 Å². The molecule has 0 bridgehead atoms. The molecule has 24 heavy (non-hydrogen) atoms. The first-order valence-corrected chi connectivity index (χ1v) is 7.75. The first-order valence-electron chi connectivity index (χ1n) is 7.75. The highest BCUT2D eigenvalue weighted by Gasteiger charge is 2.30. The molecule has 0 radical (unpaired) electrons. The van der Waals surface area contributed by atoms with Crippen molar-refractivity contribution >= 4 is 18.0 Å². The van der Waals surface area contributed by atoms with Crippen LogP contribution in [0, 0.1) is 5.92 Å². The Bertz CT molecular complexity index is 557. The average molecular weight is 337 g/mol. The Morgan fingerprint density at radius 1 is 1.17 bits per heavy atom. The number of carboxylic acid groups (broad SMARTS) is 1. The van der Waals surface area contributed by atoms with Crippen molar-refractivity contribution in [2.24, 2.45) is 5.92 Å². The normalized spacial score (nSPS) is 13.0. The summed E-state index contributed by atoms with van der Waals surface area (Å²) >= 11 is 0. The van der Waals surface area contributed by atoms with E-state index in [1.165, 1.54) is 0 Å². The van der Waals surface area contributed by atoms with Crippen LogP contribution in [0.5, 0.6) is 0 Å². The highest BCUT2D eigenvalue weighted by molar-refractivity contribution is 5.84. The average Bonchev–Trinajstić information content (AvgIpc) is 2.55. The molecular formula is C17H23NO6. The minimum absolute atomic E-state index is 0.0687. The minimum atomic E-state index is -1.24. The number of ether oxygens (including phenoxy) is 2. The Hall–Kier alpha value is -2.57. The van der Waals surface area contributed by atoms with Gasteiger partial charge in [0.15, 0.2) is 6.10 Å². The fraction of sp³-hybridized carbons (Fsp3) is 0.471. The van der Waals surface area contributed by atoms with Gasteiger partial charge in [-0.1, -0.05) is 51.1 Å². The van der Waals surface area contributed by atoms with Gasteiger partial charge in [0.1, 0.15) is 12.6 Å². The molecule has 7 heteroatoms. The van der Waals surface area contributed by atoms with Crippen molar-refractivity contribution in [2.45, 2.75) is 45.9 Å². The smallest absolute Gasteiger partial charge is 0.408 e. The molecule has 0 aromatic heterocycles. The molecule has 1 rings (SSSR count). The van der Waals surface area contributed by atoms with E-state index in [-0.39, 0.29) is 18.9 Å². The van der Waals surface area contributed by atoms with E-state index in [1.54, 1.807) is 32.9 Å². The van der Waals surface area contributed by atoms with Crippen LogP contribution in [-0.4, -0.2) is 35.3 Å². The molecule has 1 aromatic rings. The summed E-state index contributed by atoms with van der Waals surface area (Å²) in [6.07, 6.45) is -1.86. The van der Waals surface area contributed by atoms with Crippen molar-refractivity contribution in [2.75, 3.05) is 0 Å². The lowest BCUT2D eigenvalue weighted by atomic mass is 10.0. The lowest BCUT2D eigenvalue weighted by molar-refractivity contribution is -0.166. The Morgan fingerprint density at radius 2 is 1.79 bits per heavy atom. The van der Waals surface area contributed by atoms with Crippen molar-refractivity contribution in [1.82, 2.24) is 5.32 Å². The molecular weight excluding hydrogens is 314 g/mol. The number of hydrogen-bond acceptors (Lipinski definition) is 5. The highest BCUT2D eigenvalue weighted by atomic mass is 16.6. The molecule has 1 unspecified atom stereocenters. The fourth-order valence-electron chi connectivity index (χ4n) is 1.91. The highest BCUT2D eigenvalue weighted by Crippen LogP contribution is 2.09. The molecule has 2 atom stereocenters. The maximum Gasteiger partial charge on any atom is 0.408 e. The number of hydrogen-bond donors (Lipinski definition) is 2. The molecule has 0 saturated heterocycles. The molecule has 1 amide bonds. The van der Waals surface area contributed by atoms with Crippen molar-refractivity contribution in [1.29, 1.82) is 0 Å². The maximum absolute atomic E-state index is 12.1. The minimum Gasteiger partial charge on any atom is -0.479 e. The topological polar surface area (TPSA) is 102 Å². The van der Waals surface area contributed by atoms with Gasteiger partial charge in [-0.05, 0) is 17.9 Å². The third-order valence-electron chi connectivity index (χ3n) is 3.31. The lowest BCUT2D eigenvalue weighted by Crippen LogP contribution is -2.47. The van der Waals surface area contributed by atoms with Crippen LogP contribution in [0.25, 0.3) is 0 Å². The van der Waals surface area contributed by atoms with Crippen molar-refractivity contribution in [3.8, 4) is 0 Å².